The lowest BCUT2D eigenvalue weighted by Gasteiger charge is -2.18. The van der Waals surface area contributed by atoms with Crippen molar-refractivity contribution in [1.29, 1.82) is 0 Å². The monoisotopic (exact) mass is 1070 g/mol. The summed E-state index contributed by atoms with van der Waals surface area (Å²) in [5.74, 6) is -0.840. The molecule has 0 aliphatic heterocycles. The fourth-order valence-electron chi connectivity index (χ4n) is 10.5. The number of esters is 3. The molecule has 1 unspecified atom stereocenters. The molecule has 0 fully saturated rings. The average Bonchev–Trinajstić information content (AvgIpc) is 3.42. The fraction of sp³-hybridized carbons (Fsp3) is 0.900. The van der Waals surface area contributed by atoms with Crippen molar-refractivity contribution in [2.45, 2.75) is 393 Å². The third-order valence-corrected chi connectivity index (χ3v) is 15.7. The second-order valence-electron chi connectivity index (χ2n) is 23.4. The van der Waals surface area contributed by atoms with E-state index in [1.807, 2.05) is 0 Å². The lowest BCUT2D eigenvalue weighted by Crippen LogP contribution is -2.30. The van der Waals surface area contributed by atoms with Crippen LogP contribution in [-0.2, 0) is 28.6 Å². The molecule has 6 nitrogen and oxygen atoms in total. The van der Waals surface area contributed by atoms with Gasteiger partial charge in [-0.15, -0.1) is 0 Å². The Labute approximate surface area is 474 Å². The lowest BCUT2D eigenvalue weighted by molar-refractivity contribution is -0.167. The van der Waals surface area contributed by atoms with Gasteiger partial charge in [-0.25, -0.2) is 0 Å². The zero-order valence-electron chi connectivity index (χ0n) is 51.6. The summed E-state index contributed by atoms with van der Waals surface area (Å²) in [7, 11) is 0. The Bertz CT molecular complexity index is 1230. The van der Waals surface area contributed by atoms with Crippen molar-refractivity contribution in [3.63, 3.8) is 0 Å². The minimum Gasteiger partial charge on any atom is -0.462 e. The predicted molar refractivity (Wildman–Crippen MR) is 330 cm³/mol. The van der Waals surface area contributed by atoms with Crippen LogP contribution in [0.25, 0.3) is 0 Å². The van der Waals surface area contributed by atoms with E-state index in [1.165, 1.54) is 289 Å². The summed E-state index contributed by atoms with van der Waals surface area (Å²) in [5, 5.41) is 0. The Hall–Kier alpha value is -2.11. The first kappa shape index (κ1) is 73.9. The summed E-state index contributed by atoms with van der Waals surface area (Å²) >= 11 is 0. The topological polar surface area (TPSA) is 78.9 Å². The average molecular weight is 1070 g/mol. The van der Waals surface area contributed by atoms with Crippen LogP contribution in [0.3, 0.4) is 0 Å². The zero-order chi connectivity index (χ0) is 55.0. The third kappa shape index (κ3) is 62.7. The highest BCUT2D eigenvalue weighted by Gasteiger charge is 2.19. The van der Waals surface area contributed by atoms with Gasteiger partial charge in [0.05, 0.1) is 0 Å². The van der Waals surface area contributed by atoms with Crippen LogP contribution in [0.15, 0.2) is 24.3 Å². The van der Waals surface area contributed by atoms with E-state index in [0.29, 0.717) is 19.3 Å². The van der Waals surface area contributed by atoms with Gasteiger partial charge in [0, 0.05) is 19.3 Å². The molecular weight excluding hydrogens is 937 g/mol. The molecular formula is C70H132O6. The normalized spacial score (nSPS) is 12.1. The van der Waals surface area contributed by atoms with Gasteiger partial charge in [0.25, 0.3) is 0 Å². The van der Waals surface area contributed by atoms with E-state index in [-0.39, 0.29) is 31.1 Å². The summed E-state index contributed by atoms with van der Waals surface area (Å²) in [6.07, 6.45) is 79.2. The third-order valence-electron chi connectivity index (χ3n) is 15.7. The predicted octanol–water partition coefficient (Wildman–Crippen LogP) is 23.4. The van der Waals surface area contributed by atoms with Gasteiger partial charge in [-0.3, -0.25) is 14.4 Å². The van der Waals surface area contributed by atoms with Crippen molar-refractivity contribution in [2.24, 2.45) is 0 Å². The van der Waals surface area contributed by atoms with Crippen LogP contribution >= 0.6 is 0 Å². The molecule has 0 aliphatic rings. The highest BCUT2D eigenvalue weighted by Crippen LogP contribution is 2.18. The lowest BCUT2D eigenvalue weighted by atomic mass is 10.0. The number of carbonyl (C=O) groups is 3. The van der Waals surface area contributed by atoms with Gasteiger partial charge in [-0.1, -0.05) is 321 Å². The molecule has 0 saturated carbocycles. The number of hydrogen-bond acceptors (Lipinski definition) is 6. The molecule has 6 heteroatoms. The molecule has 448 valence electrons. The second kappa shape index (κ2) is 65.4. The number of rotatable bonds is 64. The van der Waals surface area contributed by atoms with E-state index >= 15 is 0 Å². The van der Waals surface area contributed by atoms with Gasteiger partial charge < -0.3 is 14.2 Å². The molecule has 0 N–H and O–H groups in total. The molecule has 0 rings (SSSR count). The van der Waals surface area contributed by atoms with Gasteiger partial charge in [0.1, 0.15) is 13.2 Å². The summed E-state index contributed by atoms with van der Waals surface area (Å²) in [5.41, 5.74) is 0. The molecule has 0 spiro atoms. The molecule has 0 aliphatic carbocycles. The molecule has 76 heavy (non-hydrogen) atoms. The Morgan fingerprint density at radius 1 is 0.250 bits per heavy atom. The Morgan fingerprint density at radius 2 is 0.434 bits per heavy atom. The van der Waals surface area contributed by atoms with Crippen LogP contribution in [0.1, 0.15) is 387 Å². The van der Waals surface area contributed by atoms with Gasteiger partial charge in [0.2, 0.25) is 0 Å². The van der Waals surface area contributed by atoms with Crippen LogP contribution in [0.5, 0.6) is 0 Å². The van der Waals surface area contributed by atoms with Crippen LogP contribution in [-0.4, -0.2) is 37.2 Å². The molecule has 0 aromatic carbocycles. The number of allylic oxidation sites excluding steroid dienone is 4. The van der Waals surface area contributed by atoms with Crippen molar-refractivity contribution in [1.82, 2.24) is 0 Å². The van der Waals surface area contributed by atoms with Crippen molar-refractivity contribution in [2.75, 3.05) is 13.2 Å². The molecule has 0 radical (unpaired) electrons. The maximum Gasteiger partial charge on any atom is 0.306 e. The maximum absolute atomic E-state index is 12.9. The Balaban J connectivity index is 4.18. The smallest absolute Gasteiger partial charge is 0.306 e. The van der Waals surface area contributed by atoms with Crippen molar-refractivity contribution < 1.29 is 28.6 Å². The Morgan fingerprint density at radius 3 is 0.658 bits per heavy atom. The summed E-state index contributed by atoms with van der Waals surface area (Å²) in [6.45, 7) is 6.70. The van der Waals surface area contributed by atoms with E-state index in [1.54, 1.807) is 0 Å². The number of carbonyl (C=O) groups excluding carboxylic acids is 3. The quantitative estimate of drug-likeness (QED) is 0.0261. The largest absolute Gasteiger partial charge is 0.462 e. The number of hydrogen-bond donors (Lipinski definition) is 0. The maximum atomic E-state index is 12.9. The van der Waals surface area contributed by atoms with E-state index in [2.05, 4.69) is 45.1 Å². The Kier molecular flexibility index (Phi) is 63.6. The molecule has 0 aromatic rings. The SMILES string of the molecule is CCCCCCCC/C=C\CCCCCCCCCCCC(=O)OC(COC(=O)CCCCCCCCCCCCCC)COC(=O)CCCCCCCCCCCCCCCCC/C=C\CCCCCCCCCC. The van der Waals surface area contributed by atoms with Crippen molar-refractivity contribution >= 4 is 17.9 Å². The first-order chi connectivity index (χ1) is 37.5. The van der Waals surface area contributed by atoms with Crippen molar-refractivity contribution in [3.05, 3.63) is 24.3 Å². The van der Waals surface area contributed by atoms with Crippen LogP contribution in [0.4, 0.5) is 0 Å². The minimum atomic E-state index is -0.769. The first-order valence-electron chi connectivity index (χ1n) is 34.3. The van der Waals surface area contributed by atoms with Gasteiger partial charge >= 0.3 is 17.9 Å². The highest BCUT2D eigenvalue weighted by molar-refractivity contribution is 5.71. The van der Waals surface area contributed by atoms with Gasteiger partial charge in [-0.05, 0) is 70.6 Å². The standard InChI is InChI=1S/C70H132O6/c1-4-7-10-13-16-19-22-25-27-29-31-32-33-34-35-36-37-38-40-41-43-45-48-51-54-57-60-63-69(72)75-66-67(65-74-68(71)62-59-56-53-50-47-24-21-18-15-12-9-6-3)76-70(73)64-61-58-55-52-49-46-44-42-39-30-28-26-23-20-17-14-11-8-5-2/h26,28-29,31,67H,4-25,27,30,32-66H2,1-3H3/b28-26-,31-29-. The van der Waals surface area contributed by atoms with Gasteiger partial charge in [-0.2, -0.15) is 0 Å². The van der Waals surface area contributed by atoms with E-state index in [9.17, 15) is 14.4 Å². The van der Waals surface area contributed by atoms with E-state index in [4.69, 9.17) is 14.2 Å². The summed E-state index contributed by atoms with van der Waals surface area (Å²) in [4.78, 5) is 38.3. The van der Waals surface area contributed by atoms with Crippen LogP contribution < -0.4 is 0 Å². The molecule has 0 saturated heterocycles. The highest BCUT2D eigenvalue weighted by atomic mass is 16.6. The zero-order valence-corrected chi connectivity index (χ0v) is 51.6. The van der Waals surface area contributed by atoms with Gasteiger partial charge in [0.15, 0.2) is 6.10 Å². The second-order valence-corrected chi connectivity index (χ2v) is 23.4. The van der Waals surface area contributed by atoms with Crippen molar-refractivity contribution in [3.8, 4) is 0 Å². The molecule has 0 bridgehead atoms. The van der Waals surface area contributed by atoms with E-state index < -0.39 is 6.10 Å². The minimum absolute atomic E-state index is 0.0661. The molecule has 0 heterocycles. The summed E-state index contributed by atoms with van der Waals surface area (Å²) < 4.78 is 17.0. The van der Waals surface area contributed by atoms with Crippen LogP contribution in [0, 0.1) is 0 Å². The van der Waals surface area contributed by atoms with E-state index in [0.717, 1.165) is 57.8 Å². The molecule has 1 atom stereocenters. The molecule has 0 aromatic heterocycles. The first-order valence-corrected chi connectivity index (χ1v) is 34.3. The summed E-state index contributed by atoms with van der Waals surface area (Å²) in [6, 6.07) is 0. The number of ether oxygens (including phenoxy) is 3. The fourth-order valence-corrected chi connectivity index (χ4v) is 10.5. The van der Waals surface area contributed by atoms with Crippen LogP contribution in [0.2, 0.25) is 0 Å². The molecule has 0 amide bonds. The number of unbranched alkanes of at least 4 members (excludes halogenated alkanes) is 49.